The third kappa shape index (κ3) is 3.88. The molecule has 0 fully saturated rings. The highest BCUT2D eigenvalue weighted by Crippen LogP contribution is 2.29. The van der Waals surface area contributed by atoms with Crippen molar-refractivity contribution in [2.24, 2.45) is 0 Å². The van der Waals surface area contributed by atoms with E-state index in [4.69, 9.17) is 5.73 Å². The molecular formula is C14H13N7O4S2. The summed E-state index contributed by atoms with van der Waals surface area (Å²) in [6.45, 7) is 0. The number of hydrogen-bond donors (Lipinski definition) is 1. The average Bonchev–Trinajstić information content (AvgIpc) is 2.60. The highest BCUT2D eigenvalue weighted by atomic mass is 32.2. The van der Waals surface area contributed by atoms with E-state index in [0.29, 0.717) is 0 Å². The summed E-state index contributed by atoms with van der Waals surface area (Å²) < 4.78 is 48.0. The van der Waals surface area contributed by atoms with E-state index in [1.165, 1.54) is 18.5 Å². The minimum Gasteiger partial charge on any atom is -0.368 e. The van der Waals surface area contributed by atoms with Gasteiger partial charge in [0.1, 0.15) is 12.7 Å². The molecule has 0 unspecified atom stereocenters. The first-order valence-corrected chi connectivity index (χ1v) is 11.0. The van der Waals surface area contributed by atoms with Crippen LogP contribution in [0.4, 0.5) is 5.95 Å². The summed E-state index contributed by atoms with van der Waals surface area (Å²) in [5, 5.41) is -0.483. The van der Waals surface area contributed by atoms with Crippen molar-refractivity contribution in [1.29, 1.82) is 0 Å². The number of nitrogen functional groups attached to an aromatic ring is 1. The minimum absolute atomic E-state index is 0.105. The molecule has 0 aliphatic heterocycles. The monoisotopic (exact) mass is 407 g/mol. The van der Waals surface area contributed by atoms with Crippen molar-refractivity contribution in [3.05, 3.63) is 31.1 Å². The molecule has 0 saturated heterocycles. The Hall–Kier alpha value is -3.06. The van der Waals surface area contributed by atoms with Gasteiger partial charge in [0, 0.05) is 24.9 Å². The van der Waals surface area contributed by atoms with Crippen LogP contribution in [0.3, 0.4) is 0 Å². The topological polar surface area (TPSA) is 172 Å². The van der Waals surface area contributed by atoms with E-state index in [1.54, 1.807) is 0 Å². The predicted molar refractivity (Wildman–Crippen MR) is 94.7 cm³/mol. The summed E-state index contributed by atoms with van der Waals surface area (Å²) in [7, 11) is -7.35. The Balaban J connectivity index is 2.29. The molecule has 3 aromatic heterocycles. The van der Waals surface area contributed by atoms with Gasteiger partial charge in [-0.1, -0.05) is 0 Å². The standard InChI is InChI=1S/C14H13N7O4S2/c1-26(22,23)12-8(4-16-6-18-12)10-3-11(21-14(15)20-10)9-5-17-7-19-13(9)27(2,24)25/h3-7H,1-2H3,(H2,15,20,21). The van der Waals surface area contributed by atoms with Gasteiger partial charge in [-0.05, 0) is 6.07 Å². The Morgan fingerprint density at radius 3 is 1.56 bits per heavy atom. The molecule has 13 heteroatoms. The van der Waals surface area contributed by atoms with Crippen molar-refractivity contribution >= 4 is 25.6 Å². The van der Waals surface area contributed by atoms with E-state index in [2.05, 4.69) is 29.9 Å². The van der Waals surface area contributed by atoms with Crippen LogP contribution in [0, 0.1) is 0 Å². The van der Waals surface area contributed by atoms with E-state index in [9.17, 15) is 16.8 Å². The summed E-state index contributed by atoms with van der Waals surface area (Å²) in [5.41, 5.74) is 6.18. The van der Waals surface area contributed by atoms with Gasteiger partial charge in [0.25, 0.3) is 0 Å². The molecule has 2 N–H and O–H groups in total. The van der Waals surface area contributed by atoms with Crippen molar-refractivity contribution in [2.75, 3.05) is 18.2 Å². The lowest BCUT2D eigenvalue weighted by Crippen LogP contribution is -2.08. The fraction of sp³-hybridized carbons (Fsp3) is 0.143. The van der Waals surface area contributed by atoms with Gasteiger partial charge in [-0.3, -0.25) is 0 Å². The summed E-state index contributed by atoms with van der Waals surface area (Å²) >= 11 is 0. The molecule has 11 nitrogen and oxygen atoms in total. The zero-order valence-electron chi connectivity index (χ0n) is 14.1. The highest BCUT2D eigenvalue weighted by Gasteiger charge is 2.22. The fourth-order valence-corrected chi connectivity index (χ4v) is 3.91. The van der Waals surface area contributed by atoms with Gasteiger partial charge in [-0.15, -0.1) is 0 Å². The average molecular weight is 407 g/mol. The molecule has 0 radical (unpaired) electrons. The fourth-order valence-electron chi connectivity index (χ4n) is 2.32. The van der Waals surface area contributed by atoms with E-state index in [0.717, 1.165) is 25.2 Å². The van der Waals surface area contributed by atoms with Crippen LogP contribution in [-0.2, 0) is 19.7 Å². The number of anilines is 1. The van der Waals surface area contributed by atoms with Crippen molar-refractivity contribution in [3.8, 4) is 22.5 Å². The number of aromatic nitrogens is 6. The van der Waals surface area contributed by atoms with Crippen molar-refractivity contribution in [1.82, 2.24) is 29.9 Å². The van der Waals surface area contributed by atoms with Crippen molar-refractivity contribution < 1.29 is 16.8 Å². The van der Waals surface area contributed by atoms with Crippen LogP contribution >= 0.6 is 0 Å². The van der Waals surface area contributed by atoms with Gasteiger partial charge in [0.15, 0.2) is 29.7 Å². The molecular weight excluding hydrogens is 394 g/mol. The Morgan fingerprint density at radius 1 is 0.778 bits per heavy atom. The zero-order valence-corrected chi connectivity index (χ0v) is 15.7. The molecule has 0 aliphatic carbocycles. The molecule has 3 aromatic rings. The first kappa shape index (κ1) is 18.7. The molecule has 27 heavy (non-hydrogen) atoms. The highest BCUT2D eigenvalue weighted by molar-refractivity contribution is 7.91. The van der Waals surface area contributed by atoms with Crippen molar-refractivity contribution in [2.45, 2.75) is 10.1 Å². The second kappa shape index (κ2) is 6.59. The molecule has 0 saturated carbocycles. The molecule has 0 aliphatic rings. The van der Waals surface area contributed by atoms with Gasteiger partial charge in [-0.2, -0.15) is 0 Å². The largest absolute Gasteiger partial charge is 0.368 e. The Morgan fingerprint density at radius 2 is 1.19 bits per heavy atom. The molecule has 3 rings (SSSR count). The smallest absolute Gasteiger partial charge is 0.221 e. The molecule has 0 bridgehead atoms. The van der Waals surface area contributed by atoms with E-state index >= 15 is 0 Å². The molecule has 0 spiro atoms. The zero-order chi connectivity index (χ0) is 19.8. The van der Waals surface area contributed by atoms with E-state index in [1.807, 2.05) is 0 Å². The summed E-state index contributed by atoms with van der Waals surface area (Å²) in [6.07, 6.45) is 6.73. The van der Waals surface area contributed by atoms with Crippen LogP contribution in [0.1, 0.15) is 0 Å². The number of nitrogens with zero attached hydrogens (tertiary/aromatic N) is 6. The quantitative estimate of drug-likeness (QED) is 0.566. The van der Waals surface area contributed by atoms with Gasteiger partial charge < -0.3 is 5.73 Å². The van der Waals surface area contributed by atoms with Crippen LogP contribution in [-0.4, -0.2) is 59.3 Å². The summed E-state index contributed by atoms with van der Waals surface area (Å²) in [5.74, 6) is -0.200. The molecule has 0 atom stereocenters. The Kier molecular flexibility index (Phi) is 4.57. The summed E-state index contributed by atoms with van der Waals surface area (Å²) in [6, 6.07) is 1.37. The predicted octanol–water partition coefficient (Wildman–Crippen LogP) is -0.220. The van der Waals surface area contributed by atoms with Crippen LogP contribution in [0.25, 0.3) is 22.5 Å². The van der Waals surface area contributed by atoms with E-state index in [-0.39, 0.29) is 38.5 Å². The first-order chi connectivity index (χ1) is 12.6. The molecule has 0 aromatic carbocycles. The number of nitrogens with two attached hydrogens (primary N) is 1. The van der Waals surface area contributed by atoms with Crippen LogP contribution in [0.2, 0.25) is 0 Å². The third-order valence-electron chi connectivity index (χ3n) is 3.35. The Bertz CT molecular complexity index is 1150. The maximum Gasteiger partial charge on any atom is 0.221 e. The first-order valence-electron chi connectivity index (χ1n) is 7.23. The maximum absolute atomic E-state index is 12.0. The van der Waals surface area contributed by atoms with Crippen LogP contribution in [0.5, 0.6) is 0 Å². The SMILES string of the molecule is CS(=O)(=O)c1ncncc1-c1cc(-c2cncnc2S(C)(=O)=O)nc(N)n1. The second-order valence-electron chi connectivity index (χ2n) is 5.52. The number of rotatable bonds is 4. The lowest BCUT2D eigenvalue weighted by Gasteiger charge is -2.10. The maximum atomic E-state index is 12.0. The molecule has 0 amide bonds. The van der Waals surface area contributed by atoms with Gasteiger partial charge in [-0.25, -0.2) is 46.7 Å². The van der Waals surface area contributed by atoms with E-state index < -0.39 is 19.7 Å². The number of sulfone groups is 2. The normalized spacial score (nSPS) is 12.1. The van der Waals surface area contributed by atoms with Gasteiger partial charge in [0.05, 0.1) is 22.5 Å². The Labute approximate surface area is 154 Å². The van der Waals surface area contributed by atoms with Crippen LogP contribution in [0.15, 0.2) is 41.2 Å². The van der Waals surface area contributed by atoms with Crippen molar-refractivity contribution in [3.63, 3.8) is 0 Å². The lowest BCUT2D eigenvalue weighted by atomic mass is 10.1. The van der Waals surface area contributed by atoms with Gasteiger partial charge in [0.2, 0.25) is 5.95 Å². The van der Waals surface area contributed by atoms with Crippen LogP contribution < -0.4 is 5.73 Å². The molecule has 140 valence electrons. The summed E-state index contributed by atoms with van der Waals surface area (Å²) in [4.78, 5) is 23.3. The molecule has 3 heterocycles. The third-order valence-corrected chi connectivity index (χ3v) is 5.40. The van der Waals surface area contributed by atoms with Gasteiger partial charge >= 0.3 is 0 Å². The lowest BCUT2D eigenvalue weighted by molar-refractivity contribution is 0.596. The number of hydrogen-bond acceptors (Lipinski definition) is 11. The minimum atomic E-state index is -3.68. The second-order valence-corrected chi connectivity index (χ2v) is 9.39.